The lowest BCUT2D eigenvalue weighted by Crippen LogP contribution is -2.65. The first-order valence-corrected chi connectivity index (χ1v) is 31.7. The topological polar surface area (TPSA) is 248 Å². The van der Waals surface area contributed by atoms with Crippen molar-refractivity contribution in [1.82, 2.24) is 25.2 Å². The number of nitrogens with zero attached hydrogens (tertiary/aromatic N) is 4. The van der Waals surface area contributed by atoms with Crippen molar-refractivity contribution in [2.24, 2.45) is 11.8 Å². The average Bonchev–Trinajstić information content (AvgIpc) is 3.76. The number of ether oxygens (including phenoxy) is 11. The Hall–Kier alpha value is -3.27. The molecular weight excluding hydrogens is 1050 g/mol. The van der Waals surface area contributed by atoms with Crippen molar-refractivity contribution in [1.29, 1.82) is 0 Å². The molecule has 22 nitrogen and oxygen atoms in total. The van der Waals surface area contributed by atoms with E-state index >= 15 is 0 Å². The summed E-state index contributed by atoms with van der Waals surface area (Å²) in [5.41, 5.74) is -0.962. The van der Waals surface area contributed by atoms with Crippen LogP contribution in [0.5, 0.6) is 0 Å². The minimum atomic E-state index is -2.50. The normalized spacial score (nSPS) is 38.8. The van der Waals surface area contributed by atoms with E-state index in [9.17, 15) is 24.6 Å². The molecule has 0 aromatic carbocycles. The van der Waals surface area contributed by atoms with Crippen LogP contribution in [0.15, 0.2) is 30.5 Å². The van der Waals surface area contributed by atoms with Crippen LogP contribution in [0.1, 0.15) is 126 Å². The zero-order valence-corrected chi connectivity index (χ0v) is 51.4. The largest absolute Gasteiger partial charge is 0.468 e. The first-order valence-electron chi connectivity index (χ1n) is 28.8. The van der Waals surface area contributed by atoms with E-state index in [4.69, 9.17) is 51.8 Å². The first-order chi connectivity index (χ1) is 37.6. The third-order valence-corrected chi connectivity index (χ3v) is 21.4. The Morgan fingerprint density at radius 3 is 2.29 bits per heavy atom. The van der Waals surface area contributed by atoms with E-state index in [1.165, 1.54) is 11.8 Å². The van der Waals surface area contributed by atoms with Crippen LogP contribution < -0.4 is 5.32 Å². The first kappa shape index (κ1) is 65.9. The van der Waals surface area contributed by atoms with Gasteiger partial charge in [-0.1, -0.05) is 57.2 Å². The van der Waals surface area contributed by atoms with Crippen LogP contribution in [0.2, 0.25) is 18.1 Å². The molecule has 0 aliphatic carbocycles. The van der Waals surface area contributed by atoms with Gasteiger partial charge in [0.25, 0.3) is 0 Å². The quantitative estimate of drug-likeness (QED) is 0.0932. The number of aromatic nitrogens is 3. The maximum atomic E-state index is 13.9. The van der Waals surface area contributed by atoms with Gasteiger partial charge in [0.05, 0.1) is 61.9 Å². The standard InChI is InChI=1S/C57H97N5O17Si/c1-33-27-38-28-47(79-80(15,16)56(6,7)8)75-42(29-44(64)70-34(2)21-18-17-19-23-41(33)74-46-26-25-40(58-10)35(3)71-46)53(69-14)52(38)78-55-50(66)49(61(11)12)51(36(4)73-55)77-48-30-57(9,67)54(37(5)72-48)76-43(63)24-20-22-39-31-62(60-59-39)32-45(65)68-13/h17-19,23,31,33-38,40-42,46-55,58,66-67H,20-22,24-30,32H2,1-16H3/b18-17-,23-19-/t33-,34-,35-,36-,37+,38-,40+,41+,42-,46+,47?,48+,49-,50-,51-,52+,53+,54+,55+,57-/m1/s1. The molecule has 1 aromatic rings. The van der Waals surface area contributed by atoms with Gasteiger partial charge in [0.1, 0.15) is 42.9 Å². The summed E-state index contributed by atoms with van der Waals surface area (Å²) in [6, 6.07) is -0.511. The number of fused-ring (bicyclic) bond motifs is 3. The molecule has 80 heavy (non-hydrogen) atoms. The van der Waals surface area contributed by atoms with Gasteiger partial charge in [-0.15, -0.1) is 5.10 Å². The van der Waals surface area contributed by atoms with Crippen LogP contribution in [0.25, 0.3) is 0 Å². The smallest absolute Gasteiger partial charge is 0.327 e. The Morgan fingerprint density at radius 2 is 1.64 bits per heavy atom. The number of aliphatic hydroxyl groups is 2. The highest BCUT2D eigenvalue weighted by atomic mass is 28.4. The van der Waals surface area contributed by atoms with E-state index in [0.717, 1.165) is 12.8 Å². The van der Waals surface area contributed by atoms with Crippen LogP contribution in [0.4, 0.5) is 0 Å². The fourth-order valence-corrected chi connectivity index (χ4v) is 12.6. The van der Waals surface area contributed by atoms with E-state index in [2.05, 4.69) is 74.2 Å². The molecule has 0 radical (unpaired) electrons. The van der Waals surface area contributed by atoms with Crippen LogP contribution in [-0.4, -0.2) is 202 Å². The molecule has 1 aromatic heterocycles. The number of hydrogen-bond acceptors (Lipinski definition) is 21. The molecular formula is C57H97N5O17Si. The van der Waals surface area contributed by atoms with Gasteiger partial charge in [0.15, 0.2) is 33.3 Å². The van der Waals surface area contributed by atoms with Crippen molar-refractivity contribution in [2.75, 3.05) is 35.4 Å². The van der Waals surface area contributed by atoms with Gasteiger partial charge in [0.2, 0.25) is 0 Å². The van der Waals surface area contributed by atoms with E-state index in [0.29, 0.717) is 37.8 Å². The van der Waals surface area contributed by atoms with E-state index in [1.54, 1.807) is 27.2 Å². The number of cyclic esters (lactones) is 1. The lowest BCUT2D eigenvalue weighted by atomic mass is 9.82. The number of esters is 3. The summed E-state index contributed by atoms with van der Waals surface area (Å²) in [5, 5.41) is 35.7. The van der Waals surface area contributed by atoms with Gasteiger partial charge in [-0.2, -0.15) is 0 Å². The third-order valence-electron chi connectivity index (χ3n) is 16.9. The molecule has 6 heterocycles. The Balaban J connectivity index is 1.23. The van der Waals surface area contributed by atoms with Crippen LogP contribution >= 0.6 is 0 Å². The monoisotopic (exact) mass is 1150 g/mol. The summed E-state index contributed by atoms with van der Waals surface area (Å²) in [6.45, 7) is 22.0. The number of aliphatic hydroxyl groups excluding tert-OH is 1. The average molecular weight is 1150 g/mol. The molecule has 4 saturated heterocycles. The lowest BCUT2D eigenvalue weighted by Gasteiger charge is -2.50. The predicted molar refractivity (Wildman–Crippen MR) is 296 cm³/mol. The fourth-order valence-electron chi connectivity index (χ4n) is 11.4. The van der Waals surface area contributed by atoms with Crippen molar-refractivity contribution < 1.29 is 81.1 Å². The van der Waals surface area contributed by atoms with Crippen LogP contribution in [0.3, 0.4) is 0 Å². The second kappa shape index (κ2) is 29.0. The third kappa shape index (κ3) is 17.6. The number of aryl methyl sites for hydroxylation is 1. The number of allylic oxidation sites excluding steroid dienone is 2. The molecule has 3 N–H and O–H groups in total. The van der Waals surface area contributed by atoms with Gasteiger partial charge in [-0.25, -0.2) is 4.68 Å². The fraction of sp³-hybridized carbons (Fsp3) is 0.842. The van der Waals surface area contributed by atoms with Crippen molar-refractivity contribution >= 4 is 26.2 Å². The van der Waals surface area contributed by atoms with Gasteiger partial charge in [-0.3, -0.25) is 14.4 Å². The molecule has 2 bridgehead atoms. The van der Waals surface area contributed by atoms with Crippen molar-refractivity contribution in [3.05, 3.63) is 36.2 Å². The van der Waals surface area contributed by atoms with Crippen LogP contribution in [-0.2, 0) is 83.9 Å². The number of likely N-dealkylation sites (N-methyl/N-ethyl adjacent to an activating group) is 2. The van der Waals surface area contributed by atoms with E-state index < -0.39 is 118 Å². The summed E-state index contributed by atoms with van der Waals surface area (Å²) in [6.07, 6.45) is 1.73. The summed E-state index contributed by atoms with van der Waals surface area (Å²) in [4.78, 5) is 40.6. The Morgan fingerprint density at radius 1 is 0.912 bits per heavy atom. The zero-order valence-electron chi connectivity index (χ0n) is 50.4. The molecule has 4 fully saturated rings. The summed E-state index contributed by atoms with van der Waals surface area (Å²) < 4.78 is 78.7. The SMILES string of the molecule is CN[C@H]1CC[C@H](O[C@H]2/C=C\C=C/C[C@@H](C)OC(=O)C[C@H]3OC(O[Si](C)(C)C(C)(C)C)C[C@@H](C[C@H]2C)[C@H](O[C@@H]2O[C@H](C)[C@@H](O[C@H]4C[C@@](C)(O)[C@@H](OC(=O)CCCc5cn(CC(=O)OC)nn5)[C@H](C)O4)[C@H](N(C)C)[C@H]2O)[C@H]3OC)O[C@@H]1C. The number of nitrogens with one attached hydrogen (secondary N) is 1. The maximum Gasteiger partial charge on any atom is 0.327 e. The highest BCUT2D eigenvalue weighted by Gasteiger charge is 2.54. The molecule has 0 amide bonds. The van der Waals surface area contributed by atoms with E-state index in [1.807, 2.05) is 58.1 Å². The van der Waals surface area contributed by atoms with Gasteiger partial charge < -0.3 is 77.0 Å². The molecule has 0 saturated carbocycles. The van der Waals surface area contributed by atoms with Gasteiger partial charge >= 0.3 is 17.9 Å². The molecule has 5 aliphatic heterocycles. The summed E-state index contributed by atoms with van der Waals surface area (Å²) in [5.74, 6) is -1.93. The molecule has 1 unspecified atom stereocenters. The minimum Gasteiger partial charge on any atom is -0.468 e. The highest BCUT2D eigenvalue weighted by molar-refractivity contribution is 6.74. The molecule has 20 atom stereocenters. The second-order valence-electron chi connectivity index (χ2n) is 24.7. The number of carbonyl (C=O) groups is 3. The highest BCUT2D eigenvalue weighted by Crippen LogP contribution is 2.44. The molecule has 5 aliphatic rings. The van der Waals surface area contributed by atoms with Crippen molar-refractivity contribution in [3.63, 3.8) is 0 Å². The number of hydrogen-bond donors (Lipinski definition) is 3. The molecule has 0 spiro atoms. The molecule has 6 rings (SSSR count). The number of carbonyl (C=O) groups excluding carboxylic acids is 3. The Bertz CT molecular complexity index is 2190. The van der Waals surface area contributed by atoms with Crippen molar-refractivity contribution in [2.45, 2.75) is 261 Å². The maximum absolute atomic E-state index is 13.9. The van der Waals surface area contributed by atoms with Crippen LogP contribution in [0, 0.1) is 11.8 Å². The predicted octanol–water partition coefficient (Wildman–Crippen LogP) is 5.51. The summed E-state index contributed by atoms with van der Waals surface area (Å²) in [7, 11) is 5.98. The zero-order chi connectivity index (χ0) is 58.9. The van der Waals surface area contributed by atoms with Crippen molar-refractivity contribution in [3.8, 4) is 0 Å². The minimum absolute atomic E-state index is 0.0410. The second-order valence-corrected chi connectivity index (χ2v) is 29.5. The van der Waals surface area contributed by atoms with Gasteiger partial charge in [-0.05, 0) is 118 Å². The molecule has 456 valence electrons. The van der Waals surface area contributed by atoms with Gasteiger partial charge in [0, 0.05) is 45.0 Å². The molecule has 23 heteroatoms. The Labute approximate surface area is 475 Å². The number of rotatable bonds is 18. The van der Waals surface area contributed by atoms with E-state index in [-0.39, 0.29) is 60.9 Å². The lowest BCUT2D eigenvalue weighted by molar-refractivity contribution is -0.343. The number of methoxy groups -OCH3 is 2. The summed E-state index contributed by atoms with van der Waals surface area (Å²) >= 11 is 0. The Kier molecular flexibility index (Phi) is 23.9.